The third-order valence-electron chi connectivity index (χ3n) is 6.21. The van der Waals surface area contributed by atoms with E-state index in [1.54, 1.807) is 16.2 Å². The predicted octanol–water partition coefficient (Wildman–Crippen LogP) is 4.04. The molecule has 0 atom stereocenters. The minimum absolute atomic E-state index is 0.00586. The molecular formula is C25H25ClN6O3S2. The van der Waals surface area contributed by atoms with E-state index in [1.807, 2.05) is 31.2 Å². The Labute approximate surface area is 225 Å². The Morgan fingerprint density at radius 2 is 1.68 bits per heavy atom. The molecule has 2 aromatic carbocycles. The second-order valence-corrected chi connectivity index (χ2v) is 11.9. The predicted molar refractivity (Wildman–Crippen MR) is 143 cm³/mol. The van der Waals surface area contributed by atoms with Crippen LogP contribution in [-0.4, -0.2) is 67.8 Å². The van der Waals surface area contributed by atoms with Crippen LogP contribution in [0.25, 0.3) is 10.2 Å². The van der Waals surface area contributed by atoms with E-state index in [9.17, 15) is 13.2 Å². The van der Waals surface area contributed by atoms with Crippen LogP contribution in [0.3, 0.4) is 0 Å². The lowest BCUT2D eigenvalue weighted by Gasteiger charge is -2.34. The van der Waals surface area contributed by atoms with Crippen LogP contribution in [0.4, 0.5) is 5.13 Å². The molecule has 12 heteroatoms. The van der Waals surface area contributed by atoms with Gasteiger partial charge in [-0.3, -0.25) is 4.79 Å². The van der Waals surface area contributed by atoms with E-state index in [0.717, 1.165) is 25.2 Å². The van der Waals surface area contributed by atoms with Gasteiger partial charge in [-0.2, -0.15) is 14.8 Å². The zero-order valence-corrected chi connectivity index (χ0v) is 22.6. The summed E-state index contributed by atoms with van der Waals surface area (Å²) in [6, 6.07) is 13.5. The van der Waals surface area contributed by atoms with Crippen molar-refractivity contribution in [1.29, 1.82) is 10.5 Å². The first kappa shape index (κ1) is 26.8. The maximum absolute atomic E-state index is 13.1. The minimum atomic E-state index is -3.88. The number of piperazine rings is 1. The summed E-state index contributed by atoms with van der Waals surface area (Å²) in [4.78, 5) is 21.8. The van der Waals surface area contributed by atoms with Gasteiger partial charge in [0, 0.05) is 57.7 Å². The number of amides is 1. The van der Waals surface area contributed by atoms with Crippen molar-refractivity contribution < 1.29 is 13.2 Å². The van der Waals surface area contributed by atoms with Crippen LogP contribution in [0.1, 0.15) is 28.8 Å². The number of thiazole rings is 1. The number of hydrogen-bond acceptors (Lipinski definition) is 8. The highest BCUT2D eigenvalue weighted by Crippen LogP contribution is 2.36. The van der Waals surface area contributed by atoms with E-state index in [2.05, 4.69) is 4.90 Å². The smallest absolute Gasteiger partial charge is 0.253 e. The van der Waals surface area contributed by atoms with Gasteiger partial charge >= 0.3 is 0 Å². The largest absolute Gasteiger partial charge is 0.345 e. The molecule has 0 saturated carbocycles. The van der Waals surface area contributed by atoms with E-state index in [4.69, 9.17) is 27.1 Å². The molecule has 0 aliphatic carbocycles. The molecule has 1 aromatic heterocycles. The van der Waals surface area contributed by atoms with Crippen LogP contribution in [0.15, 0.2) is 41.3 Å². The molecule has 0 bridgehead atoms. The highest BCUT2D eigenvalue weighted by molar-refractivity contribution is 7.89. The van der Waals surface area contributed by atoms with Crippen molar-refractivity contribution >= 4 is 54.2 Å². The fraction of sp³-hybridized carbons (Fsp3) is 0.360. The van der Waals surface area contributed by atoms with Gasteiger partial charge in [0.15, 0.2) is 5.13 Å². The summed E-state index contributed by atoms with van der Waals surface area (Å²) in [6.07, 6.45) is 0.0493. The van der Waals surface area contributed by atoms with Crippen molar-refractivity contribution in [3.63, 3.8) is 0 Å². The van der Waals surface area contributed by atoms with Crippen LogP contribution in [-0.2, 0) is 10.0 Å². The number of nitrogens with zero attached hydrogens (tertiary/aromatic N) is 6. The van der Waals surface area contributed by atoms with Gasteiger partial charge in [-0.15, -0.1) is 0 Å². The van der Waals surface area contributed by atoms with Gasteiger partial charge in [0.25, 0.3) is 5.91 Å². The SMILES string of the molecule is Cc1ccc(Cl)c2sc(N3CCN(C(=O)c4ccc(S(=O)(=O)N(CCC#N)CCC#N)cc4)CC3)nc12. The lowest BCUT2D eigenvalue weighted by atomic mass is 10.2. The molecule has 9 nitrogen and oxygen atoms in total. The monoisotopic (exact) mass is 556 g/mol. The first-order chi connectivity index (χ1) is 17.8. The molecule has 0 unspecified atom stereocenters. The molecule has 192 valence electrons. The van der Waals surface area contributed by atoms with E-state index in [1.165, 1.54) is 24.3 Å². The van der Waals surface area contributed by atoms with Gasteiger partial charge in [0.05, 0.1) is 32.3 Å². The molecule has 1 fully saturated rings. The van der Waals surface area contributed by atoms with Crippen LogP contribution in [0, 0.1) is 29.6 Å². The maximum atomic E-state index is 13.1. The number of carbonyl (C=O) groups excluding carboxylic acids is 1. The van der Waals surface area contributed by atoms with Gasteiger partial charge in [0.1, 0.15) is 0 Å². The van der Waals surface area contributed by atoms with Crippen molar-refractivity contribution in [3.05, 3.63) is 52.5 Å². The van der Waals surface area contributed by atoms with Gasteiger partial charge in [-0.1, -0.05) is 29.0 Å². The topological polar surface area (TPSA) is 121 Å². The Morgan fingerprint density at radius 3 is 2.24 bits per heavy atom. The standard InChI is InChI=1S/C25H25ClN6O3S2/c1-18-4-9-21(26)23-22(18)29-25(36-23)31-16-14-30(15-17-31)24(33)19-5-7-20(8-6-19)37(34,35)32(12-2-10-27)13-3-11-28/h4-9H,2-3,12-17H2,1H3. The molecule has 1 aliphatic heterocycles. The molecule has 2 heterocycles. The number of nitriles is 2. The Kier molecular flexibility index (Phi) is 8.30. The number of aromatic nitrogens is 1. The third-order valence-corrected chi connectivity index (χ3v) is 9.70. The lowest BCUT2D eigenvalue weighted by molar-refractivity contribution is 0.0746. The normalized spacial score (nSPS) is 14.1. The molecule has 0 spiro atoms. The molecule has 1 saturated heterocycles. The number of anilines is 1. The van der Waals surface area contributed by atoms with Gasteiger partial charge < -0.3 is 9.80 Å². The summed E-state index contributed by atoms with van der Waals surface area (Å²) >= 11 is 7.90. The molecule has 1 aliphatic rings. The Morgan fingerprint density at radius 1 is 1.05 bits per heavy atom. The molecule has 37 heavy (non-hydrogen) atoms. The molecule has 0 N–H and O–H groups in total. The number of halogens is 1. The third kappa shape index (κ3) is 5.71. The quantitative estimate of drug-likeness (QED) is 0.410. The van der Waals surface area contributed by atoms with Gasteiger partial charge in [-0.25, -0.2) is 13.4 Å². The summed E-state index contributed by atoms with van der Waals surface area (Å²) in [6.45, 7) is 4.29. The summed E-state index contributed by atoms with van der Waals surface area (Å²) < 4.78 is 28.1. The minimum Gasteiger partial charge on any atom is -0.345 e. The average molecular weight is 557 g/mol. The van der Waals surface area contributed by atoms with Crippen molar-refractivity contribution in [2.45, 2.75) is 24.7 Å². The average Bonchev–Trinajstić information content (AvgIpc) is 3.38. The molecule has 0 radical (unpaired) electrons. The second kappa shape index (κ2) is 11.4. The summed E-state index contributed by atoms with van der Waals surface area (Å²) in [5, 5.41) is 19.3. The fourth-order valence-corrected chi connectivity index (χ4v) is 6.94. The number of sulfonamides is 1. The number of aryl methyl sites for hydroxylation is 1. The zero-order chi connectivity index (χ0) is 26.6. The van der Waals surface area contributed by atoms with Crippen molar-refractivity contribution in [2.75, 3.05) is 44.2 Å². The highest BCUT2D eigenvalue weighted by atomic mass is 35.5. The summed E-state index contributed by atoms with van der Waals surface area (Å²) in [7, 11) is -3.88. The Hall–Kier alpha value is -3.22. The van der Waals surface area contributed by atoms with Crippen LogP contribution in [0.2, 0.25) is 5.02 Å². The summed E-state index contributed by atoms with van der Waals surface area (Å²) in [5.74, 6) is -0.169. The van der Waals surface area contributed by atoms with E-state index < -0.39 is 10.0 Å². The van der Waals surface area contributed by atoms with Crippen molar-refractivity contribution in [2.24, 2.45) is 0 Å². The van der Waals surface area contributed by atoms with Crippen LogP contribution < -0.4 is 4.90 Å². The van der Waals surface area contributed by atoms with Crippen LogP contribution in [0.5, 0.6) is 0 Å². The number of benzene rings is 2. The number of fused-ring (bicyclic) bond motifs is 1. The Balaban J connectivity index is 1.42. The second-order valence-electron chi connectivity index (χ2n) is 8.56. The number of hydrogen-bond donors (Lipinski definition) is 0. The summed E-state index contributed by atoms with van der Waals surface area (Å²) in [5.41, 5.74) is 2.37. The maximum Gasteiger partial charge on any atom is 0.253 e. The molecule has 3 aromatic rings. The molecular weight excluding hydrogens is 532 g/mol. The van der Waals surface area contributed by atoms with Gasteiger partial charge in [-0.05, 0) is 42.8 Å². The molecule has 1 amide bonds. The van der Waals surface area contributed by atoms with Crippen LogP contribution >= 0.6 is 22.9 Å². The highest BCUT2D eigenvalue weighted by Gasteiger charge is 2.27. The lowest BCUT2D eigenvalue weighted by Crippen LogP contribution is -2.48. The van der Waals surface area contributed by atoms with E-state index in [0.29, 0.717) is 36.8 Å². The van der Waals surface area contributed by atoms with Crippen molar-refractivity contribution in [3.8, 4) is 12.1 Å². The van der Waals surface area contributed by atoms with Crippen molar-refractivity contribution in [1.82, 2.24) is 14.2 Å². The number of rotatable bonds is 8. The first-order valence-electron chi connectivity index (χ1n) is 11.7. The van der Waals surface area contributed by atoms with Gasteiger partial charge in [0.2, 0.25) is 10.0 Å². The molecule has 4 rings (SSSR count). The fourth-order valence-electron chi connectivity index (χ4n) is 4.13. The number of carbonyl (C=O) groups is 1. The zero-order valence-electron chi connectivity index (χ0n) is 20.2. The Bertz CT molecular complexity index is 1430. The van der Waals surface area contributed by atoms with E-state index >= 15 is 0 Å². The first-order valence-corrected chi connectivity index (χ1v) is 14.3. The van der Waals surface area contributed by atoms with E-state index in [-0.39, 0.29) is 36.7 Å².